The first-order valence-electron chi connectivity index (χ1n) is 7.25. The molecule has 26 heavy (non-hydrogen) atoms. The Morgan fingerprint density at radius 1 is 1.08 bits per heavy atom. The largest absolute Gasteiger partial charge is 0.489 e. The standard InChI is InChI=1S/C17H13F4NO4/c18-13-7-12(5-6-14(13)22-15(23)8-16(24)25)26-9-10-1-3-11(4-2-10)17(19,20)21/h1-7H,8-9H2,(H,22,23)(H,24,25). The molecule has 9 heteroatoms. The number of carboxylic acids is 1. The van der Waals surface area contributed by atoms with Crippen LogP contribution in [-0.2, 0) is 22.4 Å². The second-order valence-electron chi connectivity index (χ2n) is 5.24. The Labute approximate surface area is 145 Å². The van der Waals surface area contributed by atoms with Crippen LogP contribution in [0.2, 0.25) is 0 Å². The molecule has 2 aromatic rings. The number of rotatable bonds is 6. The Morgan fingerprint density at radius 2 is 1.73 bits per heavy atom. The fourth-order valence-electron chi connectivity index (χ4n) is 1.98. The molecule has 5 nitrogen and oxygen atoms in total. The molecule has 0 bridgehead atoms. The zero-order chi connectivity index (χ0) is 19.3. The van der Waals surface area contributed by atoms with Gasteiger partial charge < -0.3 is 15.2 Å². The van der Waals surface area contributed by atoms with Crippen LogP contribution in [0.4, 0.5) is 23.2 Å². The maximum Gasteiger partial charge on any atom is 0.416 e. The van der Waals surface area contributed by atoms with E-state index in [0.717, 1.165) is 18.2 Å². The lowest BCUT2D eigenvalue weighted by Gasteiger charge is -2.10. The number of halogens is 4. The highest BCUT2D eigenvalue weighted by Crippen LogP contribution is 2.29. The normalized spacial score (nSPS) is 11.1. The number of anilines is 1. The van der Waals surface area contributed by atoms with Crippen molar-refractivity contribution in [3.05, 3.63) is 59.4 Å². The Balaban J connectivity index is 1.97. The number of hydrogen-bond donors (Lipinski definition) is 2. The summed E-state index contributed by atoms with van der Waals surface area (Å²) in [4.78, 5) is 21.7. The minimum atomic E-state index is -4.43. The second-order valence-corrected chi connectivity index (χ2v) is 5.24. The van der Waals surface area contributed by atoms with Gasteiger partial charge in [-0.3, -0.25) is 9.59 Å². The number of aliphatic carboxylic acids is 1. The second kappa shape index (κ2) is 7.85. The lowest BCUT2D eigenvalue weighted by atomic mass is 10.1. The smallest absolute Gasteiger partial charge is 0.416 e. The lowest BCUT2D eigenvalue weighted by Crippen LogP contribution is -2.16. The van der Waals surface area contributed by atoms with Gasteiger partial charge in [-0.1, -0.05) is 12.1 Å². The van der Waals surface area contributed by atoms with Crippen molar-refractivity contribution in [3.63, 3.8) is 0 Å². The predicted octanol–water partition coefficient (Wildman–Crippen LogP) is 3.84. The molecule has 0 unspecified atom stereocenters. The molecule has 0 aromatic heterocycles. The number of nitrogens with one attached hydrogen (secondary N) is 1. The van der Waals surface area contributed by atoms with E-state index >= 15 is 0 Å². The van der Waals surface area contributed by atoms with E-state index in [1.807, 2.05) is 0 Å². The van der Waals surface area contributed by atoms with Gasteiger partial charge in [0.2, 0.25) is 5.91 Å². The van der Waals surface area contributed by atoms with Crippen LogP contribution in [0.15, 0.2) is 42.5 Å². The molecule has 0 radical (unpaired) electrons. The molecule has 0 atom stereocenters. The number of carbonyl (C=O) groups excluding carboxylic acids is 1. The molecule has 0 spiro atoms. The average molecular weight is 371 g/mol. The van der Waals surface area contributed by atoms with Crippen LogP contribution in [0.25, 0.3) is 0 Å². The summed E-state index contributed by atoms with van der Waals surface area (Å²) in [6.07, 6.45) is -5.23. The molecule has 0 aliphatic carbocycles. The fraction of sp³-hybridized carbons (Fsp3) is 0.176. The van der Waals surface area contributed by atoms with Crippen molar-refractivity contribution in [1.82, 2.24) is 0 Å². The minimum absolute atomic E-state index is 0.0811. The van der Waals surface area contributed by atoms with E-state index in [9.17, 15) is 27.2 Å². The van der Waals surface area contributed by atoms with E-state index in [0.29, 0.717) is 5.56 Å². The van der Waals surface area contributed by atoms with E-state index in [4.69, 9.17) is 9.84 Å². The van der Waals surface area contributed by atoms with E-state index in [2.05, 4.69) is 5.32 Å². The van der Waals surface area contributed by atoms with E-state index in [1.165, 1.54) is 24.3 Å². The number of carbonyl (C=O) groups is 2. The van der Waals surface area contributed by atoms with Crippen LogP contribution in [0, 0.1) is 5.82 Å². The fourth-order valence-corrected chi connectivity index (χ4v) is 1.98. The Bertz CT molecular complexity index is 803. The van der Waals surface area contributed by atoms with Gasteiger partial charge in [0.25, 0.3) is 0 Å². The third-order valence-electron chi connectivity index (χ3n) is 3.21. The quantitative estimate of drug-likeness (QED) is 0.598. The summed E-state index contributed by atoms with van der Waals surface area (Å²) in [5.74, 6) is -2.97. The molecular formula is C17H13F4NO4. The first kappa shape index (κ1) is 19.2. The van der Waals surface area contributed by atoms with Gasteiger partial charge in [0.1, 0.15) is 24.6 Å². The number of alkyl halides is 3. The van der Waals surface area contributed by atoms with Crippen molar-refractivity contribution in [2.75, 3.05) is 5.32 Å². The molecule has 138 valence electrons. The number of hydrogen-bond acceptors (Lipinski definition) is 3. The number of carboxylic acid groups (broad SMARTS) is 1. The first-order chi connectivity index (χ1) is 12.1. The highest BCUT2D eigenvalue weighted by atomic mass is 19.4. The molecule has 2 aromatic carbocycles. The highest BCUT2D eigenvalue weighted by Gasteiger charge is 2.29. The van der Waals surface area contributed by atoms with Crippen LogP contribution >= 0.6 is 0 Å². The van der Waals surface area contributed by atoms with E-state index in [1.54, 1.807) is 0 Å². The van der Waals surface area contributed by atoms with Gasteiger partial charge in [-0.05, 0) is 29.8 Å². The minimum Gasteiger partial charge on any atom is -0.489 e. The maximum absolute atomic E-state index is 13.9. The van der Waals surface area contributed by atoms with Gasteiger partial charge in [0, 0.05) is 6.07 Å². The SMILES string of the molecule is O=C(O)CC(=O)Nc1ccc(OCc2ccc(C(F)(F)F)cc2)cc1F. The molecular weight excluding hydrogens is 358 g/mol. The summed E-state index contributed by atoms with van der Waals surface area (Å²) in [5, 5.41) is 10.6. The maximum atomic E-state index is 13.9. The van der Waals surface area contributed by atoms with Gasteiger partial charge in [-0.2, -0.15) is 13.2 Å². The lowest BCUT2D eigenvalue weighted by molar-refractivity contribution is -0.140. The van der Waals surface area contributed by atoms with Crippen molar-refractivity contribution in [3.8, 4) is 5.75 Å². The summed E-state index contributed by atoms with van der Waals surface area (Å²) < 4.78 is 56.6. The van der Waals surface area contributed by atoms with Crippen molar-refractivity contribution >= 4 is 17.6 Å². The first-order valence-corrected chi connectivity index (χ1v) is 7.25. The number of amides is 1. The number of benzene rings is 2. The van der Waals surface area contributed by atoms with Crippen LogP contribution in [0.3, 0.4) is 0 Å². The van der Waals surface area contributed by atoms with Crippen molar-refractivity contribution in [1.29, 1.82) is 0 Å². The van der Waals surface area contributed by atoms with Gasteiger partial charge in [0.15, 0.2) is 0 Å². The van der Waals surface area contributed by atoms with Crippen LogP contribution in [-0.4, -0.2) is 17.0 Å². The van der Waals surface area contributed by atoms with E-state index in [-0.39, 0.29) is 18.0 Å². The predicted molar refractivity (Wildman–Crippen MR) is 83.1 cm³/mol. The summed E-state index contributed by atoms with van der Waals surface area (Å²) in [7, 11) is 0. The molecule has 0 heterocycles. The average Bonchev–Trinajstić information content (AvgIpc) is 2.54. The Hall–Kier alpha value is -3.10. The van der Waals surface area contributed by atoms with Gasteiger partial charge in [-0.25, -0.2) is 4.39 Å². The number of ether oxygens (including phenoxy) is 1. The van der Waals surface area contributed by atoms with Gasteiger partial charge in [-0.15, -0.1) is 0 Å². The molecule has 0 saturated heterocycles. The van der Waals surface area contributed by atoms with Crippen molar-refractivity contribution in [2.24, 2.45) is 0 Å². The van der Waals surface area contributed by atoms with E-state index < -0.39 is 35.9 Å². The van der Waals surface area contributed by atoms with Crippen molar-refractivity contribution < 1.29 is 37.0 Å². The summed E-state index contributed by atoms with van der Waals surface area (Å²) in [5.41, 5.74) is -0.538. The molecule has 0 aliphatic heterocycles. The topological polar surface area (TPSA) is 75.6 Å². The van der Waals surface area contributed by atoms with Crippen LogP contribution in [0.5, 0.6) is 5.75 Å². The molecule has 0 aliphatic rings. The molecule has 1 amide bonds. The van der Waals surface area contributed by atoms with Gasteiger partial charge in [0.05, 0.1) is 11.3 Å². The molecule has 0 fully saturated rings. The monoisotopic (exact) mass is 371 g/mol. The zero-order valence-corrected chi connectivity index (χ0v) is 13.1. The van der Waals surface area contributed by atoms with Gasteiger partial charge >= 0.3 is 12.1 Å². The van der Waals surface area contributed by atoms with Crippen LogP contribution in [0.1, 0.15) is 17.5 Å². The van der Waals surface area contributed by atoms with Crippen LogP contribution < -0.4 is 10.1 Å². The zero-order valence-electron chi connectivity index (χ0n) is 13.1. The molecule has 2 rings (SSSR count). The third-order valence-corrected chi connectivity index (χ3v) is 3.21. The molecule has 2 N–H and O–H groups in total. The van der Waals surface area contributed by atoms with Crippen molar-refractivity contribution in [2.45, 2.75) is 19.2 Å². The highest BCUT2D eigenvalue weighted by molar-refractivity contribution is 6.01. The summed E-state index contributed by atoms with van der Waals surface area (Å²) >= 11 is 0. The molecule has 0 saturated carbocycles. The third kappa shape index (κ3) is 5.47. The Kier molecular flexibility index (Phi) is 5.81. The summed E-state index contributed by atoms with van der Waals surface area (Å²) in [6, 6.07) is 7.83. The Morgan fingerprint density at radius 3 is 2.27 bits per heavy atom. The summed E-state index contributed by atoms with van der Waals surface area (Å²) in [6.45, 7) is -0.0811.